The maximum absolute atomic E-state index is 13.4. The van der Waals surface area contributed by atoms with Gasteiger partial charge in [0.25, 0.3) is 5.91 Å². The smallest absolute Gasteiger partial charge is 0.264 e. The molecule has 2 aliphatic heterocycles. The molecule has 1 atom stereocenters. The van der Waals surface area contributed by atoms with E-state index in [1.807, 2.05) is 16.6 Å². The zero-order chi connectivity index (χ0) is 20.7. The van der Waals surface area contributed by atoms with Gasteiger partial charge in [0.1, 0.15) is 0 Å². The lowest BCUT2D eigenvalue weighted by Crippen LogP contribution is -2.40. The highest BCUT2D eigenvalue weighted by Gasteiger charge is 2.32. The number of likely N-dealkylation sites (tertiary alicyclic amines) is 1. The van der Waals surface area contributed by atoms with Crippen LogP contribution in [-0.2, 0) is 18.3 Å². The Morgan fingerprint density at radius 2 is 2.03 bits per heavy atom. The first-order valence-corrected chi connectivity index (χ1v) is 11.5. The van der Waals surface area contributed by atoms with Crippen LogP contribution in [0.15, 0.2) is 30.5 Å². The number of aromatic nitrogens is 2. The number of rotatable bonds is 4. The molecule has 1 aromatic carbocycles. The summed E-state index contributed by atoms with van der Waals surface area (Å²) < 4.78 is 8.56. The first-order valence-electron chi connectivity index (χ1n) is 10.7. The molecule has 7 heteroatoms. The van der Waals surface area contributed by atoms with Crippen molar-refractivity contribution in [1.82, 2.24) is 19.6 Å². The number of carbonyl (C=O) groups is 1. The highest BCUT2D eigenvalue weighted by molar-refractivity contribution is 7.21. The number of amides is 1. The quantitative estimate of drug-likeness (QED) is 0.644. The van der Waals surface area contributed by atoms with E-state index in [1.165, 1.54) is 21.2 Å². The third-order valence-corrected chi connectivity index (χ3v) is 7.49. The number of thiophene rings is 1. The average molecular weight is 425 g/mol. The Bertz CT molecular complexity index is 1070. The third-order valence-electron chi connectivity index (χ3n) is 6.32. The van der Waals surface area contributed by atoms with E-state index in [9.17, 15) is 4.79 Å². The van der Waals surface area contributed by atoms with E-state index in [1.54, 1.807) is 11.3 Å². The van der Waals surface area contributed by atoms with Gasteiger partial charge in [0.2, 0.25) is 0 Å². The number of nitrogens with zero attached hydrogens (tertiary/aromatic N) is 4. The molecule has 5 rings (SSSR count). The van der Waals surface area contributed by atoms with E-state index in [4.69, 9.17) is 4.74 Å². The van der Waals surface area contributed by atoms with Gasteiger partial charge in [0.05, 0.1) is 23.8 Å². The molecule has 1 unspecified atom stereocenters. The standard InChI is InChI=1S/C23H28N4O2S/c1-16-18(13-25(2)24-16)15-26-8-7-17(14-26)21-19-5-3-4-6-20(19)30-22(21)23(28)27-9-11-29-12-10-27/h3-6,13,17H,7-12,14-15H2,1-2H3. The molecular formula is C23H28N4O2S. The average Bonchev–Trinajstić information content (AvgIpc) is 3.45. The summed E-state index contributed by atoms with van der Waals surface area (Å²) in [4.78, 5) is 18.8. The second-order valence-electron chi connectivity index (χ2n) is 8.38. The molecule has 0 bridgehead atoms. The maximum Gasteiger partial charge on any atom is 0.264 e. The van der Waals surface area contributed by atoms with Crippen LogP contribution in [0, 0.1) is 6.92 Å². The molecule has 30 heavy (non-hydrogen) atoms. The molecule has 0 aliphatic carbocycles. The van der Waals surface area contributed by atoms with E-state index >= 15 is 0 Å². The Morgan fingerprint density at radius 3 is 2.80 bits per heavy atom. The summed E-state index contributed by atoms with van der Waals surface area (Å²) in [7, 11) is 1.98. The normalized spacial score (nSPS) is 20.3. The minimum absolute atomic E-state index is 0.177. The van der Waals surface area contributed by atoms with Gasteiger partial charge in [-0.3, -0.25) is 14.4 Å². The fraction of sp³-hybridized carbons (Fsp3) is 0.478. The van der Waals surface area contributed by atoms with Gasteiger partial charge in [0, 0.05) is 55.6 Å². The van der Waals surface area contributed by atoms with Gasteiger partial charge in [-0.2, -0.15) is 5.10 Å². The van der Waals surface area contributed by atoms with Crippen LogP contribution in [0.3, 0.4) is 0 Å². The summed E-state index contributed by atoms with van der Waals surface area (Å²) in [5.41, 5.74) is 3.65. The van der Waals surface area contributed by atoms with Crippen LogP contribution in [-0.4, -0.2) is 64.9 Å². The lowest BCUT2D eigenvalue weighted by Gasteiger charge is -2.27. The molecule has 2 aromatic heterocycles. The maximum atomic E-state index is 13.4. The molecule has 0 N–H and O–H groups in total. The van der Waals surface area contributed by atoms with Crippen molar-refractivity contribution in [2.45, 2.75) is 25.8 Å². The Morgan fingerprint density at radius 1 is 1.23 bits per heavy atom. The van der Waals surface area contributed by atoms with Crippen molar-refractivity contribution >= 4 is 27.3 Å². The predicted molar refractivity (Wildman–Crippen MR) is 119 cm³/mol. The predicted octanol–water partition coefficient (Wildman–Crippen LogP) is 3.41. The first kappa shape index (κ1) is 19.7. The number of benzene rings is 1. The number of hydrogen-bond acceptors (Lipinski definition) is 5. The second-order valence-corrected chi connectivity index (χ2v) is 9.43. The molecular weight excluding hydrogens is 396 g/mol. The van der Waals surface area contributed by atoms with E-state index in [0.717, 1.165) is 36.6 Å². The number of fused-ring (bicyclic) bond motifs is 1. The molecule has 0 radical (unpaired) electrons. The van der Waals surface area contributed by atoms with Crippen LogP contribution in [0.2, 0.25) is 0 Å². The summed E-state index contributed by atoms with van der Waals surface area (Å²) in [5.74, 6) is 0.564. The van der Waals surface area contributed by atoms with Crippen molar-refractivity contribution in [3.63, 3.8) is 0 Å². The van der Waals surface area contributed by atoms with E-state index in [-0.39, 0.29) is 5.91 Å². The molecule has 2 fully saturated rings. The van der Waals surface area contributed by atoms with Gasteiger partial charge in [-0.1, -0.05) is 18.2 Å². The molecule has 1 amide bonds. The molecule has 158 valence electrons. The van der Waals surface area contributed by atoms with E-state index in [2.05, 4.69) is 47.4 Å². The Balaban J connectivity index is 1.43. The summed E-state index contributed by atoms with van der Waals surface area (Å²) in [6, 6.07) is 8.49. The van der Waals surface area contributed by atoms with Gasteiger partial charge < -0.3 is 9.64 Å². The van der Waals surface area contributed by atoms with Crippen LogP contribution < -0.4 is 0 Å². The lowest BCUT2D eigenvalue weighted by atomic mass is 9.94. The van der Waals surface area contributed by atoms with Crippen molar-refractivity contribution in [3.05, 3.63) is 52.2 Å². The van der Waals surface area contributed by atoms with Gasteiger partial charge in [0.15, 0.2) is 0 Å². The largest absolute Gasteiger partial charge is 0.378 e. The van der Waals surface area contributed by atoms with E-state index in [0.29, 0.717) is 32.2 Å². The SMILES string of the molecule is Cc1nn(C)cc1CN1CCC(c2c(C(=O)N3CCOCC3)sc3ccccc23)C1. The van der Waals surface area contributed by atoms with Crippen molar-refractivity contribution in [2.75, 3.05) is 39.4 Å². The molecule has 4 heterocycles. The first-order chi connectivity index (χ1) is 14.6. The monoisotopic (exact) mass is 424 g/mol. The molecule has 0 saturated carbocycles. The highest BCUT2D eigenvalue weighted by Crippen LogP contribution is 2.41. The second kappa shape index (κ2) is 8.13. The Labute approximate surface area is 181 Å². The molecule has 2 saturated heterocycles. The number of hydrogen-bond donors (Lipinski definition) is 0. The third kappa shape index (κ3) is 3.66. The van der Waals surface area contributed by atoms with Gasteiger partial charge in [-0.15, -0.1) is 11.3 Å². The summed E-state index contributed by atoms with van der Waals surface area (Å²) in [5, 5.41) is 5.74. The fourth-order valence-corrected chi connectivity index (χ4v) is 6.05. The topological polar surface area (TPSA) is 50.6 Å². The molecule has 3 aromatic rings. The number of aryl methyl sites for hydroxylation is 2. The molecule has 6 nitrogen and oxygen atoms in total. The minimum Gasteiger partial charge on any atom is -0.378 e. The minimum atomic E-state index is 0.177. The summed E-state index contributed by atoms with van der Waals surface area (Å²) in [6.07, 6.45) is 3.21. The highest BCUT2D eigenvalue weighted by atomic mass is 32.1. The summed E-state index contributed by atoms with van der Waals surface area (Å²) in [6.45, 7) is 7.67. The van der Waals surface area contributed by atoms with Gasteiger partial charge >= 0.3 is 0 Å². The zero-order valence-electron chi connectivity index (χ0n) is 17.6. The Kier molecular flexibility index (Phi) is 5.35. The van der Waals surface area contributed by atoms with Crippen molar-refractivity contribution in [2.24, 2.45) is 7.05 Å². The van der Waals surface area contributed by atoms with Crippen LogP contribution >= 0.6 is 11.3 Å². The summed E-state index contributed by atoms with van der Waals surface area (Å²) >= 11 is 1.66. The van der Waals surface area contributed by atoms with Crippen LogP contribution in [0.4, 0.5) is 0 Å². The van der Waals surface area contributed by atoms with Gasteiger partial charge in [-0.25, -0.2) is 0 Å². The van der Waals surface area contributed by atoms with Crippen LogP contribution in [0.5, 0.6) is 0 Å². The van der Waals surface area contributed by atoms with Crippen molar-refractivity contribution in [1.29, 1.82) is 0 Å². The number of morpholine rings is 1. The number of carbonyl (C=O) groups excluding carboxylic acids is 1. The number of ether oxygens (including phenoxy) is 1. The lowest BCUT2D eigenvalue weighted by molar-refractivity contribution is 0.0305. The Hall–Kier alpha value is -2.22. The van der Waals surface area contributed by atoms with Crippen molar-refractivity contribution in [3.8, 4) is 0 Å². The van der Waals surface area contributed by atoms with Crippen LogP contribution in [0.1, 0.15) is 38.8 Å². The molecule has 0 spiro atoms. The van der Waals surface area contributed by atoms with Gasteiger partial charge in [-0.05, 0) is 36.9 Å². The molecule has 2 aliphatic rings. The fourth-order valence-electron chi connectivity index (χ4n) is 4.80. The van der Waals surface area contributed by atoms with Crippen molar-refractivity contribution < 1.29 is 9.53 Å². The van der Waals surface area contributed by atoms with E-state index < -0.39 is 0 Å². The zero-order valence-corrected chi connectivity index (χ0v) is 18.5. The van der Waals surface area contributed by atoms with Crippen LogP contribution in [0.25, 0.3) is 10.1 Å².